The summed E-state index contributed by atoms with van der Waals surface area (Å²) in [6, 6.07) is 0. The fourth-order valence-corrected chi connectivity index (χ4v) is 0.595. The van der Waals surface area contributed by atoms with Crippen LogP contribution in [0, 0.1) is 13.3 Å². The van der Waals surface area contributed by atoms with Gasteiger partial charge in [-0.3, -0.25) is 0 Å². The van der Waals surface area contributed by atoms with Crippen molar-refractivity contribution in [3.05, 3.63) is 25.5 Å². The first-order valence-electron chi connectivity index (χ1n) is 3.51. The molecular weight excluding hydrogens is 231 g/mol. The van der Waals surface area contributed by atoms with Gasteiger partial charge in [0.25, 0.3) is 0 Å². The van der Waals surface area contributed by atoms with Crippen LogP contribution in [0.1, 0.15) is 19.3 Å². The van der Waals surface area contributed by atoms with Crippen LogP contribution >= 0.6 is 0 Å². The summed E-state index contributed by atoms with van der Waals surface area (Å²) >= 11 is 0. The first kappa shape index (κ1) is 15.4. The molecule has 0 heterocycles. The Morgan fingerprint density at radius 2 is 1.77 bits per heavy atom. The smallest absolute Gasteiger partial charge is 0.415 e. The SMILES string of the molecule is [CH2-]C/C=C\CCC(F)(F)[C-](F)F.[Ni+2]. The summed E-state index contributed by atoms with van der Waals surface area (Å²) in [4.78, 5) is 0. The topological polar surface area (TPSA) is 0 Å². The van der Waals surface area contributed by atoms with Crippen molar-refractivity contribution in [1.29, 1.82) is 0 Å². The second kappa shape index (κ2) is 7.37. The molecule has 0 aliphatic carbocycles. The average Bonchev–Trinajstić information content (AvgIpc) is 1.98. The van der Waals surface area contributed by atoms with Gasteiger partial charge in [0.05, 0.1) is 6.43 Å². The minimum absolute atomic E-state index is 0. The largest absolute Gasteiger partial charge is 2.00 e. The van der Waals surface area contributed by atoms with Crippen molar-refractivity contribution in [1.82, 2.24) is 0 Å². The first-order chi connectivity index (χ1) is 5.50. The molecule has 0 unspecified atom stereocenters. The van der Waals surface area contributed by atoms with E-state index in [9.17, 15) is 17.6 Å². The van der Waals surface area contributed by atoms with Crippen molar-refractivity contribution in [2.75, 3.05) is 0 Å². The number of allylic oxidation sites excluding steroid dienone is 2. The molecule has 5 heteroatoms. The molecule has 0 aromatic rings. The maximum Gasteiger partial charge on any atom is 2.00 e. The van der Waals surface area contributed by atoms with Gasteiger partial charge in [-0.15, -0.1) is 6.08 Å². The number of rotatable bonds is 5. The molecule has 0 atom stereocenters. The summed E-state index contributed by atoms with van der Waals surface area (Å²) in [5.74, 6) is -3.94. The molecule has 0 aliphatic heterocycles. The quantitative estimate of drug-likeness (QED) is 0.298. The summed E-state index contributed by atoms with van der Waals surface area (Å²) in [5.41, 5.74) is 0. The molecule has 0 radical (unpaired) electrons. The summed E-state index contributed by atoms with van der Waals surface area (Å²) in [6.07, 6.45) is -0.250. The third kappa shape index (κ3) is 7.06. The minimum Gasteiger partial charge on any atom is -0.415 e. The second-order valence-corrected chi connectivity index (χ2v) is 2.26. The van der Waals surface area contributed by atoms with Crippen LogP contribution in [0.5, 0.6) is 0 Å². The van der Waals surface area contributed by atoms with Gasteiger partial charge in [-0.2, -0.15) is 6.42 Å². The van der Waals surface area contributed by atoms with Crippen molar-refractivity contribution in [2.24, 2.45) is 0 Å². The standard InChI is InChI=1S/C8H10F4.Ni/c1-2-3-4-5-6-8(11,12)7(9)10;/h3-4H,1-2,5-6H2;/q-2;+2/b4-3-;. The molecule has 0 fully saturated rings. The van der Waals surface area contributed by atoms with E-state index < -0.39 is 18.8 Å². The predicted octanol–water partition coefficient (Wildman–Crippen LogP) is 3.61. The van der Waals surface area contributed by atoms with Gasteiger partial charge in [-0.05, 0) is 12.8 Å². The number of hydrogen-bond donors (Lipinski definition) is 0. The summed E-state index contributed by atoms with van der Waals surface area (Å²) in [5, 5.41) is 0. The molecule has 13 heavy (non-hydrogen) atoms. The molecule has 0 bridgehead atoms. The maximum atomic E-state index is 12.1. The van der Waals surface area contributed by atoms with Crippen LogP contribution in [0.25, 0.3) is 0 Å². The molecule has 0 nitrogen and oxygen atoms in total. The second-order valence-electron chi connectivity index (χ2n) is 2.26. The van der Waals surface area contributed by atoms with E-state index in [0.29, 0.717) is 6.42 Å². The molecule has 0 amide bonds. The van der Waals surface area contributed by atoms with Crippen molar-refractivity contribution in [3.63, 3.8) is 0 Å². The summed E-state index contributed by atoms with van der Waals surface area (Å²) in [6.45, 7) is 3.43. The van der Waals surface area contributed by atoms with E-state index in [0.717, 1.165) is 0 Å². The van der Waals surface area contributed by atoms with Gasteiger partial charge >= 0.3 is 16.5 Å². The Morgan fingerprint density at radius 3 is 2.15 bits per heavy atom. The molecule has 0 aromatic heterocycles. The van der Waals surface area contributed by atoms with Crippen molar-refractivity contribution in [2.45, 2.75) is 25.2 Å². The van der Waals surface area contributed by atoms with Crippen molar-refractivity contribution < 1.29 is 34.1 Å². The maximum absolute atomic E-state index is 12.1. The third-order valence-corrected chi connectivity index (χ3v) is 1.23. The van der Waals surface area contributed by atoms with E-state index in [1.54, 1.807) is 6.08 Å². The molecule has 0 spiro atoms. The van der Waals surface area contributed by atoms with E-state index in [4.69, 9.17) is 0 Å². The molecular formula is C8H10F4Ni. The van der Waals surface area contributed by atoms with Crippen LogP contribution < -0.4 is 0 Å². The van der Waals surface area contributed by atoms with Crippen LogP contribution in [0.3, 0.4) is 0 Å². The van der Waals surface area contributed by atoms with Gasteiger partial charge in [0.2, 0.25) is 0 Å². The summed E-state index contributed by atoms with van der Waals surface area (Å²) in [7, 11) is 0. The Bertz CT molecular complexity index is 145. The average molecular weight is 241 g/mol. The third-order valence-electron chi connectivity index (χ3n) is 1.23. The van der Waals surface area contributed by atoms with Gasteiger partial charge < -0.3 is 15.7 Å². The van der Waals surface area contributed by atoms with Crippen LogP contribution in [-0.4, -0.2) is 5.92 Å². The Labute approximate surface area is 85.3 Å². The van der Waals surface area contributed by atoms with Crippen LogP contribution in [-0.2, 0) is 16.5 Å². The molecule has 80 valence electrons. The van der Waals surface area contributed by atoms with Crippen LogP contribution in [0.2, 0.25) is 0 Å². The van der Waals surface area contributed by atoms with E-state index in [2.05, 4.69) is 6.92 Å². The Balaban J connectivity index is 0. The fraction of sp³-hybridized carbons (Fsp3) is 0.500. The van der Waals surface area contributed by atoms with E-state index in [1.165, 1.54) is 6.08 Å². The van der Waals surface area contributed by atoms with E-state index in [-0.39, 0.29) is 22.9 Å². The number of hydrogen-bond acceptors (Lipinski definition) is 0. The van der Waals surface area contributed by atoms with Gasteiger partial charge in [-0.25, -0.2) is 8.78 Å². The normalized spacial score (nSPS) is 12.2. The zero-order valence-corrected chi connectivity index (χ0v) is 7.80. The molecule has 0 rings (SSSR count). The predicted molar refractivity (Wildman–Crippen MR) is 38.8 cm³/mol. The monoisotopic (exact) mass is 240 g/mol. The molecule has 0 saturated carbocycles. The molecule has 0 aromatic carbocycles. The van der Waals surface area contributed by atoms with Gasteiger partial charge in [0.1, 0.15) is 0 Å². The zero-order valence-electron chi connectivity index (χ0n) is 6.81. The Morgan fingerprint density at radius 1 is 1.23 bits per heavy atom. The van der Waals surface area contributed by atoms with Crippen molar-refractivity contribution >= 4 is 0 Å². The summed E-state index contributed by atoms with van der Waals surface area (Å²) < 4.78 is 47.2. The Hall–Kier alpha value is -0.0465. The van der Waals surface area contributed by atoms with Gasteiger partial charge in [-0.1, -0.05) is 6.08 Å². The van der Waals surface area contributed by atoms with Gasteiger partial charge in [0, 0.05) is 0 Å². The molecule has 0 saturated heterocycles. The number of halogens is 4. The molecule has 0 N–H and O–H groups in total. The molecule has 0 aliphatic rings. The Kier molecular flexibility index (Phi) is 8.74. The minimum atomic E-state index is -3.94. The van der Waals surface area contributed by atoms with Crippen LogP contribution in [0.4, 0.5) is 17.6 Å². The van der Waals surface area contributed by atoms with E-state index >= 15 is 0 Å². The van der Waals surface area contributed by atoms with Crippen LogP contribution in [0.15, 0.2) is 12.2 Å². The first-order valence-corrected chi connectivity index (χ1v) is 3.51. The number of alkyl halides is 2. The zero-order chi connectivity index (χ0) is 9.61. The fourth-order valence-electron chi connectivity index (χ4n) is 0.595. The van der Waals surface area contributed by atoms with E-state index in [1.807, 2.05) is 0 Å². The van der Waals surface area contributed by atoms with Crippen molar-refractivity contribution in [3.8, 4) is 0 Å². The van der Waals surface area contributed by atoms with Gasteiger partial charge in [0.15, 0.2) is 5.92 Å².